The van der Waals surface area contributed by atoms with Crippen LogP contribution in [0.5, 0.6) is 0 Å². The number of hydrogen-bond acceptors (Lipinski definition) is 6. The van der Waals surface area contributed by atoms with Gasteiger partial charge in [-0.3, -0.25) is 4.90 Å². The van der Waals surface area contributed by atoms with Crippen molar-refractivity contribution in [2.24, 2.45) is 16.7 Å². The zero-order chi connectivity index (χ0) is 18.1. The van der Waals surface area contributed by atoms with Crippen LogP contribution in [0.15, 0.2) is 23.4 Å². The molecule has 0 aromatic carbocycles. The van der Waals surface area contributed by atoms with Gasteiger partial charge < -0.3 is 4.74 Å². The third-order valence-electron chi connectivity index (χ3n) is 4.90. The molecule has 2 unspecified atom stereocenters. The first-order valence-electron chi connectivity index (χ1n) is 7.36. The van der Waals surface area contributed by atoms with Crippen LogP contribution in [0.4, 0.5) is 4.79 Å². The highest BCUT2D eigenvalue weighted by molar-refractivity contribution is 5.72. The third-order valence-corrected chi connectivity index (χ3v) is 4.90. The van der Waals surface area contributed by atoms with E-state index < -0.39 is 28.9 Å². The van der Waals surface area contributed by atoms with Crippen LogP contribution in [0, 0.1) is 62.1 Å². The smallest absolute Gasteiger partial charge is 0.414 e. The van der Waals surface area contributed by atoms with Crippen molar-refractivity contribution in [2.45, 2.75) is 26.8 Å². The van der Waals surface area contributed by atoms with Gasteiger partial charge in [0.25, 0.3) is 0 Å². The first kappa shape index (κ1) is 17.1. The van der Waals surface area contributed by atoms with E-state index in [0.29, 0.717) is 11.1 Å². The average Bonchev–Trinajstić information content (AvgIpc) is 2.80. The molecule has 7 heteroatoms. The zero-order valence-corrected chi connectivity index (χ0v) is 13.6. The van der Waals surface area contributed by atoms with Gasteiger partial charge in [-0.1, -0.05) is 11.6 Å². The Bertz CT molecular complexity index is 784. The standard InChI is InChI=1S/C17H15N5O2/c1-4-24-15(23)22-6-5-13-11(2)12(3)14(22)17(9-20,10-21)16(13,7-18)8-19/h5-6,13-14H,4H2,1-3H3. The van der Waals surface area contributed by atoms with Crippen LogP contribution >= 0.6 is 0 Å². The van der Waals surface area contributed by atoms with Gasteiger partial charge in [0.05, 0.1) is 36.9 Å². The first-order chi connectivity index (χ1) is 11.4. The Hall–Kier alpha value is -3.29. The maximum atomic E-state index is 12.3. The van der Waals surface area contributed by atoms with E-state index in [9.17, 15) is 25.8 Å². The molecule has 0 radical (unpaired) electrons. The largest absolute Gasteiger partial charge is 0.449 e. The Kier molecular flexibility index (Phi) is 4.07. The SMILES string of the molecule is CCOC(=O)N1C=CC2C(C)=C(C)C1C(C#N)(C#N)C2(C#N)C#N. The number of amides is 1. The molecule has 0 fully saturated rings. The van der Waals surface area contributed by atoms with E-state index in [1.165, 1.54) is 12.3 Å². The van der Waals surface area contributed by atoms with Gasteiger partial charge in [-0.2, -0.15) is 21.0 Å². The molecule has 0 aromatic rings. The van der Waals surface area contributed by atoms with Gasteiger partial charge in [0.2, 0.25) is 5.41 Å². The van der Waals surface area contributed by atoms with Crippen LogP contribution in [-0.4, -0.2) is 23.6 Å². The summed E-state index contributed by atoms with van der Waals surface area (Å²) in [6.07, 6.45) is 2.21. The summed E-state index contributed by atoms with van der Waals surface area (Å²) in [6.45, 7) is 5.21. The topological polar surface area (TPSA) is 125 Å². The quantitative estimate of drug-likeness (QED) is 0.683. The summed E-state index contributed by atoms with van der Waals surface area (Å²) in [5.74, 6) is -0.762. The molecule has 3 rings (SSSR count). The number of nitrogens with zero attached hydrogens (tertiary/aromatic N) is 5. The lowest BCUT2D eigenvalue weighted by Crippen LogP contribution is -2.58. The molecule has 7 nitrogen and oxygen atoms in total. The van der Waals surface area contributed by atoms with Crippen LogP contribution in [0.2, 0.25) is 0 Å². The van der Waals surface area contributed by atoms with Gasteiger partial charge in [0, 0.05) is 12.1 Å². The number of allylic oxidation sites excluding steroid dienone is 2. The molecule has 0 N–H and O–H groups in total. The van der Waals surface area contributed by atoms with Gasteiger partial charge in [-0.15, -0.1) is 0 Å². The summed E-state index contributed by atoms with van der Waals surface area (Å²) in [4.78, 5) is 13.5. The number of carbonyl (C=O) groups is 1. The summed E-state index contributed by atoms with van der Waals surface area (Å²) in [5, 5.41) is 39.1. The van der Waals surface area contributed by atoms with Crippen LogP contribution < -0.4 is 0 Å². The second kappa shape index (κ2) is 5.73. The highest BCUT2D eigenvalue weighted by atomic mass is 16.6. The second-order valence-corrected chi connectivity index (χ2v) is 5.76. The zero-order valence-electron chi connectivity index (χ0n) is 13.6. The highest BCUT2D eigenvalue weighted by Gasteiger charge is 2.68. The lowest BCUT2D eigenvalue weighted by Gasteiger charge is -2.46. The van der Waals surface area contributed by atoms with Crippen LogP contribution in [0.25, 0.3) is 0 Å². The van der Waals surface area contributed by atoms with E-state index >= 15 is 0 Å². The van der Waals surface area contributed by atoms with E-state index in [2.05, 4.69) is 0 Å². The van der Waals surface area contributed by atoms with Gasteiger partial charge in [-0.05, 0) is 26.3 Å². The fourth-order valence-corrected chi connectivity index (χ4v) is 3.57. The molecule has 2 heterocycles. The molecular weight excluding hydrogens is 306 g/mol. The molecule has 2 aliphatic heterocycles. The molecule has 24 heavy (non-hydrogen) atoms. The van der Waals surface area contributed by atoms with Gasteiger partial charge in [-0.25, -0.2) is 4.79 Å². The lowest BCUT2D eigenvalue weighted by molar-refractivity contribution is 0.0830. The molecule has 2 bridgehead atoms. The van der Waals surface area contributed by atoms with Crippen molar-refractivity contribution in [3.05, 3.63) is 23.4 Å². The van der Waals surface area contributed by atoms with E-state index in [1.807, 2.05) is 24.3 Å². The molecule has 1 amide bonds. The monoisotopic (exact) mass is 321 g/mol. The lowest BCUT2D eigenvalue weighted by atomic mass is 9.51. The molecule has 0 saturated carbocycles. The van der Waals surface area contributed by atoms with E-state index in [4.69, 9.17) is 4.74 Å². The van der Waals surface area contributed by atoms with E-state index in [1.54, 1.807) is 20.8 Å². The molecule has 1 aliphatic carbocycles. The first-order valence-corrected chi connectivity index (χ1v) is 7.36. The molecule has 0 saturated heterocycles. The minimum absolute atomic E-state index is 0.120. The third kappa shape index (κ3) is 1.76. The molecule has 2 atom stereocenters. The number of nitriles is 4. The Labute approximate surface area is 140 Å². The predicted molar refractivity (Wildman–Crippen MR) is 81.0 cm³/mol. The van der Waals surface area contributed by atoms with E-state index in [0.717, 1.165) is 4.90 Å². The Balaban J connectivity index is 2.88. The average molecular weight is 321 g/mol. The summed E-state index contributed by atoms with van der Waals surface area (Å²) in [6, 6.07) is 6.50. The molecule has 3 aliphatic rings. The molecular formula is C17H15N5O2. The fraction of sp³-hybridized carbons (Fsp3) is 0.471. The Morgan fingerprint density at radius 3 is 2.12 bits per heavy atom. The van der Waals surface area contributed by atoms with E-state index in [-0.39, 0.29) is 6.61 Å². The van der Waals surface area contributed by atoms with Gasteiger partial charge in [0.15, 0.2) is 5.41 Å². The van der Waals surface area contributed by atoms with Crippen molar-refractivity contribution in [2.75, 3.05) is 6.61 Å². The summed E-state index contributed by atoms with van der Waals surface area (Å²) >= 11 is 0. The van der Waals surface area contributed by atoms with Crippen molar-refractivity contribution in [3.8, 4) is 24.3 Å². The summed E-state index contributed by atoms with van der Waals surface area (Å²) < 4.78 is 5.02. The minimum atomic E-state index is -2.03. The molecule has 120 valence electrons. The Morgan fingerprint density at radius 2 is 1.67 bits per heavy atom. The van der Waals surface area contributed by atoms with Crippen LogP contribution in [-0.2, 0) is 4.74 Å². The summed E-state index contributed by atoms with van der Waals surface area (Å²) in [7, 11) is 0. The summed E-state index contributed by atoms with van der Waals surface area (Å²) in [5.41, 5.74) is -2.63. The maximum Gasteiger partial charge on any atom is 0.414 e. The number of fused-ring (bicyclic) bond motifs is 2. The molecule has 0 spiro atoms. The maximum absolute atomic E-state index is 12.3. The van der Waals surface area contributed by atoms with Crippen LogP contribution in [0.3, 0.4) is 0 Å². The van der Waals surface area contributed by atoms with Crippen molar-refractivity contribution in [1.82, 2.24) is 4.90 Å². The predicted octanol–water partition coefficient (Wildman–Crippen LogP) is 2.37. The number of hydrogen-bond donors (Lipinski definition) is 0. The van der Waals surface area contributed by atoms with Crippen molar-refractivity contribution < 1.29 is 9.53 Å². The Morgan fingerprint density at radius 1 is 1.12 bits per heavy atom. The fourth-order valence-electron chi connectivity index (χ4n) is 3.57. The number of ether oxygens (including phenoxy) is 1. The van der Waals surface area contributed by atoms with Crippen molar-refractivity contribution in [1.29, 1.82) is 21.0 Å². The van der Waals surface area contributed by atoms with Gasteiger partial charge in [0.1, 0.15) is 0 Å². The number of rotatable bonds is 1. The van der Waals surface area contributed by atoms with Crippen molar-refractivity contribution >= 4 is 6.09 Å². The second-order valence-electron chi connectivity index (χ2n) is 5.76. The minimum Gasteiger partial charge on any atom is -0.449 e. The number of carbonyl (C=O) groups excluding carboxylic acids is 1. The normalized spacial score (nSPS) is 25.7. The van der Waals surface area contributed by atoms with Gasteiger partial charge >= 0.3 is 6.09 Å². The molecule has 0 aromatic heterocycles. The van der Waals surface area contributed by atoms with Crippen molar-refractivity contribution in [3.63, 3.8) is 0 Å². The highest BCUT2D eigenvalue weighted by Crippen LogP contribution is 2.58. The van der Waals surface area contributed by atoms with Crippen LogP contribution in [0.1, 0.15) is 20.8 Å².